The van der Waals surface area contributed by atoms with E-state index in [0.717, 1.165) is 29.5 Å². The molecule has 0 radical (unpaired) electrons. The molecule has 1 aromatic rings. The van der Waals surface area contributed by atoms with Gasteiger partial charge in [-0.25, -0.2) is 9.59 Å². The molecule has 2 atom stereocenters. The normalized spacial score (nSPS) is 23.5. The Morgan fingerprint density at radius 3 is 2.70 bits per heavy atom. The van der Waals surface area contributed by atoms with Gasteiger partial charge in [-0.05, 0) is 30.5 Å². The van der Waals surface area contributed by atoms with Gasteiger partial charge in [0.2, 0.25) is 0 Å². The Balaban J connectivity index is 1.78. The van der Waals surface area contributed by atoms with Gasteiger partial charge in [0.15, 0.2) is 0 Å². The van der Waals surface area contributed by atoms with Crippen molar-refractivity contribution >= 4 is 28.1 Å². The number of carbonyl (C=O) groups excluding carboxylic acids is 2. The molecule has 3 rings (SSSR count). The van der Waals surface area contributed by atoms with Crippen LogP contribution in [0.3, 0.4) is 0 Å². The second kappa shape index (κ2) is 6.78. The summed E-state index contributed by atoms with van der Waals surface area (Å²) in [7, 11) is 0. The third-order valence-electron chi connectivity index (χ3n) is 4.46. The van der Waals surface area contributed by atoms with Crippen molar-refractivity contribution in [3.05, 3.63) is 34.3 Å². The highest BCUT2D eigenvalue weighted by Crippen LogP contribution is 2.27. The number of nitrogens with two attached hydrogens (primary N) is 1. The number of urea groups is 1. The summed E-state index contributed by atoms with van der Waals surface area (Å²) in [6.45, 7) is 2.20. The number of primary amides is 1. The van der Waals surface area contributed by atoms with E-state index >= 15 is 0 Å². The number of rotatable bonds is 3. The highest BCUT2D eigenvalue weighted by atomic mass is 79.9. The van der Waals surface area contributed by atoms with Crippen LogP contribution in [0.4, 0.5) is 9.59 Å². The topological polar surface area (TPSA) is 75.9 Å². The lowest BCUT2D eigenvalue weighted by atomic mass is 10.0. The van der Waals surface area contributed by atoms with E-state index in [9.17, 15) is 9.59 Å². The quantitative estimate of drug-likeness (QED) is 0.872. The largest absolute Gasteiger partial charge is 0.444 e. The van der Waals surface area contributed by atoms with Crippen LogP contribution >= 0.6 is 15.9 Å². The number of hydrogen-bond donors (Lipinski definition) is 1. The molecule has 1 aromatic carbocycles. The molecule has 2 N–H and O–H groups in total. The van der Waals surface area contributed by atoms with E-state index in [0.29, 0.717) is 19.4 Å². The van der Waals surface area contributed by atoms with Crippen LogP contribution in [0.5, 0.6) is 0 Å². The van der Waals surface area contributed by atoms with Crippen LogP contribution in [-0.4, -0.2) is 53.7 Å². The van der Waals surface area contributed by atoms with Crippen LogP contribution < -0.4 is 5.73 Å². The first-order chi connectivity index (χ1) is 11.0. The molecule has 0 unspecified atom stereocenters. The van der Waals surface area contributed by atoms with Gasteiger partial charge in [-0.15, -0.1) is 0 Å². The molecule has 7 heteroatoms. The van der Waals surface area contributed by atoms with Gasteiger partial charge in [0.1, 0.15) is 6.10 Å². The van der Waals surface area contributed by atoms with Gasteiger partial charge in [-0.1, -0.05) is 28.1 Å². The van der Waals surface area contributed by atoms with Crippen LogP contribution in [0.2, 0.25) is 0 Å². The maximum atomic E-state index is 12.6. The summed E-state index contributed by atoms with van der Waals surface area (Å²) in [6, 6.07) is 7.80. The molecule has 2 heterocycles. The molecule has 0 aliphatic carbocycles. The molecule has 0 saturated carbocycles. The van der Waals surface area contributed by atoms with Crippen LogP contribution in [-0.2, 0) is 11.2 Å². The van der Waals surface area contributed by atoms with Crippen molar-refractivity contribution in [1.29, 1.82) is 0 Å². The van der Waals surface area contributed by atoms with Gasteiger partial charge in [0.05, 0.1) is 6.04 Å². The van der Waals surface area contributed by atoms with E-state index in [1.54, 1.807) is 0 Å². The zero-order chi connectivity index (χ0) is 16.4. The maximum absolute atomic E-state index is 12.6. The minimum absolute atomic E-state index is 0.0341. The molecular formula is C16H20BrN3O3. The summed E-state index contributed by atoms with van der Waals surface area (Å²) in [4.78, 5) is 27.4. The molecule has 2 aliphatic heterocycles. The summed E-state index contributed by atoms with van der Waals surface area (Å²) >= 11 is 3.46. The van der Waals surface area contributed by atoms with Crippen molar-refractivity contribution in [2.45, 2.75) is 31.4 Å². The van der Waals surface area contributed by atoms with Gasteiger partial charge < -0.3 is 20.3 Å². The number of benzene rings is 1. The maximum Gasteiger partial charge on any atom is 0.404 e. The van der Waals surface area contributed by atoms with Gasteiger partial charge in [-0.3, -0.25) is 0 Å². The average Bonchev–Trinajstić information content (AvgIpc) is 2.79. The highest BCUT2D eigenvalue weighted by molar-refractivity contribution is 9.10. The summed E-state index contributed by atoms with van der Waals surface area (Å²) < 4.78 is 6.24. The van der Waals surface area contributed by atoms with Crippen molar-refractivity contribution < 1.29 is 14.3 Å². The molecule has 2 saturated heterocycles. The standard InChI is InChI=1S/C16H20BrN3O3/c17-12-4-1-3-11(9-12)10-13-14(23-15(18)21)5-8-20(13)16(22)19-6-2-7-19/h1,3-4,9,13-14H,2,5-8,10H2,(H2,18,21)/t13-,14-/m0/s1. The molecule has 0 aromatic heterocycles. The fourth-order valence-corrected chi connectivity index (χ4v) is 3.63. The molecule has 23 heavy (non-hydrogen) atoms. The van der Waals surface area contributed by atoms with E-state index in [1.165, 1.54) is 0 Å². The molecule has 124 valence electrons. The summed E-state index contributed by atoms with van der Waals surface area (Å²) in [5.41, 5.74) is 6.28. The molecular weight excluding hydrogens is 362 g/mol. The number of carbonyl (C=O) groups is 2. The molecule has 0 spiro atoms. The molecule has 6 nitrogen and oxygen atoms in total. The summed E-state index contributed by atoms with van der Waals surface area (Å²) in [5, 5.41) is 0. The lowest BCUT2D eigenvalue weighted by Crippen LogP contribution is -2.53. The number of amides is 3. The Morgan fingerprint density at radius 1 is 1.30 bits per heavy atom. The van der Waals surface area contributed by atoms with E-state index in [-0.39, 0.29) is 18.2 Å². The van der Waals surface area contributed by atoms with Crippen molar-refractivity contribution in [3.63, 3.8) is 0 Å². The van der Waals surface area contributed by atoms with E-state index in [2.05, 4.69) is 15.9 Å². The first kappa shape index (κ1) is 16.1. The number of hydrogen-bond acceptors (Lipinski definition) is 3. The zero-order valence-corrected chi connectivity index (χ0v) is 14.4. The van der Waals surface area contributed by atoms with Crippen LogP contribution in [0.25, 0.3) is 0 Å². The zero-order valence-electron chi connectivity index (χ0n) is 12.8. The van der Waals surface area contributed by atoms with Gasteiger partial charge in [-0.2, -0.15) is 0 Å². The summed E-state index contributed by atoms with van der Waals surface area (Å²) in [5.74, 6) is 0. The Morgan fingerprint density at radius 2 is 2.09 bits per heavy atom. The SMILES string of the molecule is NC(=O)O[C@H]1CCN(C(=O)N2CCC2)[C@H]1Cc1cccc(Br)c1. The minimum Gasteiger partial charge on any atom is -0.444 e. The molecule has 2 fully saturated rings. The van der Waals surface area contributed by atoms with Crippen LogP contribution in [0, 0.1) is 0 Å². The smallest absolute Gasteiger partial charge is 0.404 e. The first-order valence-corrected chi connectivity index (χ1v) is 8.60. The third-order valence-corrected chi connectivity index (χ3v) is 4.95. The monoisotopic (exact) mass is 381 g/mol. The third kappa shape index (κ3) is 3.60. The molecule has 3 amide bonds. The highest BCUT2D eigenvalue weighted by Gasteiger charge is 2.41. The van der Waals surface area contributed by atoms with Crippen molar-refractivity contribution in [1.82, 2.24) is 9.80 Å². The molecule has 0 bridgehead atoms. The lowest BCUT2D eigenvalue weighted by molar-refractivity contribution is 0.0720. The predicted molar refractivity (Wildman–Crippen MR) is 89.0 cm³/mol. The van der Waals surface area contributed by atoms with E-state index in [1.807, 2.05) is 34.1 Å². The summed E-state index contributed by atoms with van der Waals surface area (Å²) in [6.07, 6.45) is 1.18. The number of ether oxygens (including phenoxy) is 1. The van der Waals surface area contributed by atoms with Gasteiger partial charge in [0.25, 0.3) is 0 Å². The number of nitrogens with zero attached hydrogens (tertiary/aromatic N) is 2. The van der Waals surface area contributed by atoms with Gasteiger partial charge in [0, 0.05) is 30.5 Å². The minimum atomic E-state index is -0.785. The first-order valence-electron chi connectivity index (χ1n) is 7.80. The fourth-order valence-electron chi connectivity index (χ4n) is 3.19. The average molecular weight is 382 g/mol. The van der Waals surface area contributed by atoms with Crippen molar-refractivity contribution in [2.24, 2.45) is 5.73 Å². The number of halogens is 1. The van der Waals surface area contributed by atoms with Crippen molar-refractivity contribution in [3.8, 4) is 0 Å². The van der Waals surface area contributed by atoms with Crippen molar-refractivity contribution in [2.75, 3.05) is 19.6 Å². The Bertz CT molecular complexity index is 606. The van der Waals surface area contributed by atoms with E-state index < -0.39 is 6.09 Å². The Hall–Kier alpha value is -1.76. The Kier molecular flexibility index (Phi) is 4.75. The lowest BCUT2D eigenvalue weighted by Gasteiger charge is -2.37. The van der Waals surface area contributed by atoms with Crippen LogP contribution in [0.1, 0.15) is 18.4 Å². The fraction of sp³-hybridized carbons (Fsp3) is 0.500. The van der Waals surface area contributed by atoms with E-state index in [4.69, 9.17) is 10.5 Å². The molecule has 2 aliphatic rings. The Labute approximate surface area is 143 Å². The van der Waals surface area contributed by atoms with Crippen LogP contribution in [0.15, 0.2) is 28.7 Å². The second-order valence-corrected chi connectivity index (χ2v) is 6.90. The number of likely N-dealkylation sites (tertiary alicyclic amines) is 2. The second-order valence-electron chi connectivity index (χ2n) is 5.98. The van der Waals surface area contributed by atoms with Gasteiger partial charge >= 0.3 is 12.1 Å². The predicted octanol–water partition coefficient (Wildman–Crippen LogP) is 2.36.